The molecule has 7 heteroatoms. The van der Waals surface area contributed by atoms with Gasteiger partial charge in [0.1, 0.15) is 5.75 Å². The number of sulfone groups is 1. The Morgan fingerprint density at radius 2 is 1.88 bits per heavy atom. The SMILES string of the molecule is Cc1cc(-c2cc(OCC3(C)COC3)cc(S(C)(=O)=O)c2)cn(C)c1=O. The van der Waals surface area contributed by atoms with Gasteiger partial charge in [-0.2, -0.15) is 0 Å². The van der Waals surface area contributed by atoms with E-state index < -0.39 is 9.84 Å². The van der Waals surface area contributed by atoms with Gasteiger partial charge in [0, 0.05) is 30.5 Å². The highest BCUT2D eigenvalue weighted by Gasteiger charge is 2.34. The number of nitrogens with zero attached hydrogens (tertiary/aromatic N) is 1. The van der Waals surface area contributed by atoms with E-state index in [0.717, 1.165) is 5.56 Å². The van der Waals surface area contributed by atoms with Crippen molar-refractivity contribution in [2.24, 2.45) is 12.5 Å². The lowest BCUT2D eigenvalue weighted by atomic mass is 9.90. The minimum Gasteiger partial charge on any atom is -0.493 e. The molecule has 0 N–H and O–H groups in total. The Bertz CT molecular complexity index is 977. The fraction of sp³-hybridized carbons (Fsp3) is 0.421. The summed E-state index contributed by atoms with van der Waals surface area (Å²) >= 11 is 0. The summed E-state index contributed by atoms with van der Waals surface area (Å²) in [5.41, 5.74) is 1.92. The molecule has 3 rings (SSSR count). The highest BCUT2D eigenvalue weighted by Crippen LogP contribution is 2.31. The molecule has 0 saturated carbocycles. The number of hydrogen-bond acceptors (Lipinski definition) is 5. The van der Waals surface area contributed by atoms with Crippen LogP contribution < -0.4 is 10.3 Å². The van der Waals surface area contributed by atoms with Crippen molar-refractivity contribution in [1.29, 1.82) is 0 Å². The van der Waals surface area contributed by atoms with Gasteiger partial charge in [0.15, 0.2) is 9.84 Å². The third kappa shape index (κ3) is 3.83. The maximum Gasteiger partial charge on any atom is 0.253 e. The normalized spacial score (nSPS) is 16.2. The summed E-state index contributed by atoms with van der Waals surface area (Å²) in [5.74, 6) is 0.488. The first-order chi connectivity index (χ1) is 12.1. The fourth-order valence-electron chi connectivity index (χ4n) is 2.86. The number of aromatic nitrogens is 1. The molecular formula is C19H23NO5S. The van der Waals surface area contributed by atoms with Crippen LogP contribution in [0.5, 0.6) is 5.75 Å². The van der Waals surface area contributed by atoms with E-state index in [4.69, 9.17) is 9.47 Å². The van der Waals surface area contributed by atoms with E-state index in [2.05, 4.69) is 6.92 Å². The van der Waals surface area contributed by atoms with Crippen molar-refractivity contribution >= 4 is 9.84 Å². The highest BCUT2D eigenvalue weighted by molar-refractivity contribution is 7.90. The average molecular weight is 377 g/mol. The van der Waals surface area contributed by atoms with Gasteiger partial charge in [0.05, 0.1) is 24.7 Å². The molecule has 1 aromatic heterocycles. The summed E-state index contributed by atoms with van der Waals surface area (Å²) < 4.78 is 36.8. The van der Waals surface area contributed by atoms with E-state index >= 15 is 0 Å². The number of rotatable bonds is 5. The van der Waals surface area contributed by atoms with Crippen molar-refractivity contribution < 1.29 is 17.9 Å². The van der Waals surface area contributed by atoms with Gasteiger partial charge >= 0.3 is 0 Å². The third-order valence-corrected chi connectivity index (χ3v) is 5.58. The first-order valence-electron chi connectivity index (χ1n) is 8.31. The number of aryl methyl sites for hydroxylation is 2. The zero-order valence-electron chi connectivity index (χ0n) is 15.4. The van der Waals surface area contributed by atoms with Crippen LogP contribution in [0.15, 0.2) is 40.2 Å². The van der Waals surface area contributed by atoms with Crippen LogP contribution in [-0.4, -0.2) is 39.1 Å². The number of benzene rings is 1. The van der Waals surface area contributed by atoms with Crippen LogP contribution >= 0.6 is 0 Å². The summed E-state index contributed by atoms with van der Waals surface area (Å²) in [6.07, 6.45) is 2.87. The van der Waals surface area contributed by atoms with Crippen molar-refractivity contribution in [2.75, 3.05) is 26.1 Å². The van der Waals surface area contributed by atoms with Crippen molar-refractivity contribution in [1.82, 2.24) is 4.57 Å². The predicted octanol–water partition coefficient (Wildman–Crippen LogP) is 2.18. The molecule has 1 fully saturated rings. The Kier molecular flexibility index (Phi) is 4.71. The van der Waals surface area contributed by atoms with Crippen molar-refractivity contribution in [3.05, 3.63) is 46.4 Å². The lowest BCUT2D eigenvalue weighted by molar-refractivity contribution is -0.120. The second-order valence-electron chi connectivity index (χ2n) is 7.39. The first kappa shape index (κ1) is 18.7. The van der Waals surface area contributed by atoms with Gasteiger partial charge in [0.25, 0.3) is 5.56 Å². The van der Waals surface area contributed by atoms with E-state index in [-0.39, 0.29) is 15.9 Å². The lowest BCUT2D eigenvalue weighted by Crippen LogP contribution is -2.44. The predicted molar refractivity (Wildman–Crippen MR) is 99.4 cm³/mol. The van der Waals surface area contributed by atoms with Gasteiger partial charge in [-0.15, -0.1) is 0 Å². The Labute approximate surface area is 153 Å². The molecule has 1 aliphatic rings. The van der Waals surface area contributed by atoms with Crippen molar-refractivity contribution in [3.63, 3.8) is 0 Å². The van der Waals surface area contributed by atoms with Gasteiger partial charge in [-0.05, 0) is 42.3 Å². The monoisotopic (exact) mass is 377 g/mol. The van der Waals surface area contributed by atoms with Gasteiger partial charge in [-0.1, -0.05) is 6.92 Å². The third-order valence-electron chi connectivity index (χ3n) is 4.49. The van der Waals surface area contributed by atoms with Crippen LogP contribution in [0.25, 0.3) is 11.1 Å². The average Bonchev–Trinajstić information content (AvgIpc) is 2.54. The summed E-state index contributed by atoms with van der Waals surface area (Å²) in [4.78, 5) is 12.1. The van der Waals surface area contributed by atoms with Crippen molar-refractivity contribution in [3.8, 4) is 16.9 Å². The van der Waals surface area contributed by atoms with Gasteiger partial charge in [0.2, 0.25) is 0 Å². The van der Waals surface area contributed by atoms with E-state index in [9.17, 15) is 13.2 Å². The zero-order valence-corrected chi connectivity index (χ0v) is 16.2. The topological polar surface area (TPSA) is 74.6 Å². The van der Waals surface area contributed by atoms with Crippen LogP contribution in [0, 0.1) is 12.3 Å². The second kappa shape index (κ2) is 6.55. The molecule has 1 aliphatic heterocycles. The summed E-state index contributed by atoms with van der Waals surface area (Å²) in [6.45, 7) is 5.51. The molecular weight excluding hydrogens is 354 g/mol. The Balaban J connectivity index is 2.04. The Morgan fingerprint density at radius 3 is 2.42 bits per heavy atom. The lowest BCUT2D eigenvalue weighted by Gasteiger charge is -2.37. The number of pyridine rings is 1. The Morgan fingerprint density at radius 1 is 1.19 bits per heavy atom. The van der Waals surface area contributed by atoms with Crippen LogP contribution in [0.4, 0.5) is 0 Å². The van der Waals surface area contributed by atoms with E-state index in [1.54, 1.807) is 38.4 Å². The molecule has 0 aliphatic carbocycles. The standard InChI is InChI=1S/C19H23NO5S/c1-13-5-15(9-20(3)18(13)21)14-6-16(8-17(7-14)26(4,22)23)25-12-19(2)10-24-11-19/h5-9H,10-12H2,1-4H3. The molecule has 0 bridgehead atoms. The molecule has 26 heavy (non-hydrogen) atoms. The van der Waals surface area contributed by atoms with Gasteiger partial charge in [-0.3, -0.25) is 4.79 Å². The van der Waals surface area contributed by atoms with E-state index in [0.29, 0.717) is 36.7 Å². The highest BCUT2D eigenvalue weighted by atomic mass is 32.2. The first-order valence-corrected chi connectivity index (χ1v) is 10.2. The molecule has 1 saturated heterocycles. The maximum absolute atomic E-state index is 12.1. The Hall–Kier alpha value is -2.12. The zero-order chi connectivity index (χ0) is 19.1. The molecule has 0 spiro atoms. The summed E-state index contributed by atoms with van der Waals surface area (Å²) in [6, 6.07) is 6.71. The van der Waals surface area contributed by atoms with Gasteiger partial charge in [-0.25, -0.2) is 8.42 Å². The fourth-order valence-corrected chi connectivity index (χ4v) is 3.53. The van der Waals surface area contributed by atoms with Crippen molar-refractivity contribution in [2.45, 2.75) is 18.7 Å². The molecule has 140 valence electrons. The van der Waals surface area contributed by atoms with Crippen LogP contribution in [0.2, 0.25) is 0 Å². The maximum atomic E-state index is 12.1. The minimum atomic E-state index is -3.40. The molecule has 0 unspecified atom stereocenters. The second-order valence-corrected chi connectivity index (χ2v) is 9.40. The molecule has 0 amide bonds. The minimum absolute atomic E-state index is 0.0471. The van der Waals surface area contributed by atoms with Crippen LogP contribution in [0.1, 0.15) is 12.5 Å². The molecule has 2 heterocycles. The summed E-state index contributed by atoms with van der Waals surface area (Å²) in [5, 5.41) is 0. The summed E-state index contributed by atoms with van der Waals surface area (Å²) in [7, 11) is -1.73. The molecule has 2 aromatic rings. The molecule has 0 radical (unpaired) electrons. The largest absolute Gasteiger partial charge is 0.493 e. The quantitative estimate of drug-likeness (QED) is 0.798. The smallest absolute Gasteiger partial charge is 0.253 e. The molecule has 0 atom stereocenters. The van der Waals surface area contributed by atoms with E-state index in [1.807, 2.05) is 0 Å². The van der Waals surface area contributed by atoms with Crippen LogP contribution in [-0.2, 0) is 21.6 Å². The molecule has 1 aromatic carbocycles. The van der Waals surface area contributed by atoms with Crippen LogP contribution in [0.3, 0.4) is 0 Å². The molecule has 6 nitrogen and oxygen atoms in total. The number of ether oxygens (including phenoxy) is 2. The van der Waals surface area contributed by atoms with Gasteiger partial charge < -0.3 is 14.0 Å². The van der Waals surface area contributed by atoms with E-state index in [1.165, 1.54) is 16.9 Å². The number of hydrogen-bond donors (Lipinski definition) is 0.